The first-order valence-corrected chi connectivity index (χ1v) is 9.79. The highest BCUT2D eigenvalue weighted by molar-refractivity contribution is 5.94. The van der Waals surface area contributed by atoms with Crippen molar-refractivity contribution in [2.75, 3.05) is 24.6 Å². The Morgan fingerprint density at radius 1 is 1.10 bits per heavy atom. The molecule has 0 radical (unpaired) electrons. The fraction of sp³-hybridized carbons (Fsp3) is 0.318. The van der Waals surface area contributed by atoms with Gasteiger partial charge in [0.25, 0.3) is 5.91 Å². The zero-order chi connectivity index (χ0) is 20.4. The standard InChI is InChI=1S/C22H25N5O2/c1-14-5-7-15(8-6-14)21(28)27-11-9-17(10-12-27)29-13-16-3-2-4-18-19(16)20(23)26-22(24)25-18/h2-8,17H,9-13H2,1H3,(H4,23,24,25,26). The SMILES string of the molecule is Cc1ccc(C(=O)N2CCC(OCc3cccc4nc(N)nc(N)c34)CC2)cc1. The minimum atomic E-state index is 0.0833. The number of aryl methyl sites for hydroxylation is 1. The number of likely N-dealkylation sites (tertiary alicyclic amines) is 1. The Bertz CT molecular complexity index is 1030. The number of aromatic nitrogens is 2. The van der Waals surface area contributed by atoms with Gasteiger partial charge in [-0.25, -0.2) is 4.98 Å². The van der Waals surface area contributed by atoms with Crippen molar-refractivity contribution in [3.8, 4) is 0 Å². The molecule has 7 nitrogen and oxygen atoms in total. The van der Waals surface area contributed by atoms with Crippen molar-refractivity contribution in [2.24, 2.45) is 0 Å². The molecule has 2 aromatic carbocycles. The fourth-order valence-corrected chi connectivity index (χ4v) is 3.74. The van der Waals surface area contributed by atoms with Crippen LogP contribution in [-0.4, -0.2) is 40.0 Å². The van der Waals surface area contributed by atoms with E-state index < -0.39 is 0 Å². The van der Waals surface area contributed by atoms with Crippen molar-refractivity contribution in [3.63, 3.8) is 0 Å². The van der Waals surface area contributed by atoms with Crippen LogP contribution in [0.2, 0.25) is 0 Å². The predicted octanol–water partition coefficient (Wildman–Crippen LogP) is 2.92. The number of amides is 1. The van der Waals surface area contributed by atoms with Gasteiger partial charge in [-0.15, -0.1) is 0 Å². The lowest BCUT2D eigenvalue weighted by molar-refractivity contribution is 0.0000395. The van der Waals surface area contributed by atoms with E-state index in [2.05, 4.69) is 9.97 Å². The molecule has 0 bridgehead atoms. The van der Waals surface area contributed by atoms with E-state index in [4.69, 9.17) is 16.2 Å². The maximum absolute atomic E-state index is 12.7. The topological polar surface area (TPSA) is 107 Å². The number of nitrogen functional groups attached to an aromatic ring is 2. The maximum atomic E-state index is 12.7. The normalized spacial score (nSPS) is 15.0. The van der Waals surface area contributed by atoms with Gasteiger partial charge in [-0.1, -0.05) is 29.8 Å². The second-order valence-electron chi connectivity index (χ2n) is 7.45. The molecule has 0 spiro atoms. The van der Waals surface area contributed by atoms with E-state index in [-0.39, 0.29) is 18.0 Å². The molecule has 0 aliphatic carbocycles. The lowest BCUT2D eigenvalue weighted by Gasteiger charge is -2.32. The molecular formula is C22H25N5O2. The molecule has 1 fully saturated rings. The Labute approximate surface area is 169 Å². The van der Waals surface area contributed by atoms with E-state index in [0.29, 0.717) is 25.5 Å². The van der Waals surface area contributed by atoms with Crippen molar-refractivity contribution >= 4 is 28.6 Å². The van der Waals surface area contributed by atoms with Crippen LogP contribution in [-0.2, 0) is 11.3 Å². The van der Waals surface area contributed by atoms with Crippen LogP contribution in [0.1, 0.15) is 34.3 Å². The second-order valence-corrected chi connectivity index (χ2v) is 7.45. The van der Waals surface area contributed by atoms with E-state index >= 15 is 0 Å². The summed E-state index contributed by atoms with van der Waals surface area (Å²) in [5.41, 5.74) is 15.3. The van der Waals surface area contributed by atoms with Gasteiger partial charge in [-0.05, 0) is 43.5 Å². The number of nitrogens with zero attached hydrogens (tertiary/aromatic N) is 3. The average Bonchev–Trinajstić information content (AvgIpc) is 2.72. The van der Waals surface area contributed by atoms with Crippen molar-refractivity contribution in [2.45, 2.75) is 32.5 Å². The minimum Gasteiger partial charge on any atom is -0.383 e. The van der Waals surface area contributed by atoms with Gasteiger partial charge >= 0.3 is 0 Å². The van der Waals surface area contributed by atoms with Gasteiger partial charge in [-0.2, -0.15) is 4.98 Å². The Hall–Kier alpha value is -3.19. The predicted molar refractivity (Wildman–Crippen MR) is 113 cm³/mol. The highest BCUT2D eigenvalue weighted by Crippen LogP contribution is 2.25. The monoisotopic (exact) mass is 391 g/mol. The zero-order valence-electron chi connectivity index (χ0n) is 16.5. The molecular weight excluding hydrogens is 366 g/mol. The van der Waals surface area contributed by atoms with E-state index in [1.807, 2.05) is 54.3 Å². The van der Waals surface area contributed by atoms with Crippen LogP contribution in [0.3, 0.4) is 0 Å². The molecule has 1 aliphatic heterocycles. The van der Waals surface area contributed by atoms with Crippen LogP contribution in [0.25, 0.3) is 10.9 Å². The third-order valence-corrected chi connectivity index (χ3v) is 5.36. The van der Waals surface area contributed by atoms with Gasteiger partial charge in [0.15, 0.2) is 0 Å². The Kier molecular flexibility index (Phi) is 5.31. The van der Waals surface area contributed by atoms with Crippen LogP contribution < -0.4 is 11.5 Å². The largest absolute Gasteiger partial charge is 0.383 e. The smallest absolute Gasteiger partial charge is 0.253 e. The lowest BCUT2D eigenvalue weighted by atomic mass is 10.1. The molecule has 3 aromatic rings. The van der Waals surface area contributed by atoms with Crippen LogP contribution in [0.5, 0.6) is 0 Å². The molecule has 0 atom stereocenters. The summed E-state index contributed by atoms with van der Waals surface area (Å²) in [6.07, 6.45) is 1.71. The molecule has 1 aliphatic rings. The first-order valence-electron chi connectivity index (χ1n) is 9.79. The molecule has 0 unspecified atom stereocenters. The highest BCUT2D eigenvalue weighted by atomic mass is 16.5. The van der Waals surface area contributed by atoms with Gasteiger partial charge < -0.3 is 21.1 Å². The van der Waals surface area contributed by atoms with E-state index in [1.165, 1.54) is 0 Å². The number of fused-ring (bicyclic) bond motifs is 1. The van der Waals surface area contributed by atoms with Gasteiger partial charge in [-0.3, -0.25) is 4.79 Å². The Morgan fingerprint density at radius 3 is 2.55 bits per heavy atom. The van der Waals surface area contributed by atoms with Gasteiger partial charge in [0.1, 0.15) is 5.82 Å². The van der Waals surface area contributed by atoms with Crippen molar-refractivity contribution < 1.29 is 9.53 Å². The van der Waals surface area contributed by atoms with E-state index in [0.717, 1.165) is 40.4 Å². The maximum Gasteiger partial charge on any atom is 0.253 e. The summed E-state index contributed by atoms with van der Waals surface area (Å²) in [6, 6.07) is 13.5. The summed E-state index contributed by atoms with van der Waals surface area (Å²) in [4.78, 5) is 22.9. The number of rotatable bonds is 4. The minimum absolute atomic E-state index is 0.0833. The summed E-state index contributed by atoms with van der Waals surface area (Å²) in [6.45, 7) is 3.82. The number of ether oxygens (including phenoxy) is 1. The summed E-state index contributed by atoms with van der Waals surface area (Å²) in [7, 11) is 0. The molecule has 2 heterocycles. The molecule has 4 rings (SSSR count). The van der Waals surface area contributed by atoms with E-state index in [1.54, 1.807) is 0 Å². The number of carbonyl (C=O) groups is 1. The zero-order valence-corrected chi connectivity index (χ0v) is 16.5. The lowest BCUT2D eigenvalue weighted by Crippen LogP contribution is -2.40. The fourth-order valence-electron chi connectivity index (χ4n) is 3.74. The number of carbonyl (C=O) groups excluding carboxylic acids is 1. The van der Waals surface area contributed by atoms with Crippen molar-refractivity contribution in [1.82, 2.24) is 14.9 Å². The number of benzene rings is 2. The van der Waals surface area contributed by atoms with Crippen LogP contribution in [0, 0.1) is 6.92 Å². The first-order chi connectivity index (χ1) is 14.0. The summed E-state index contributed by atoms with van der Waals surface area (Å²) < 4.78 is 6.13. The van der Waals surface area contributed by atoms with Crippen LogP contribution in [0.15, 0.2) is 42.5 Å². The van der Waals surface area contributed by atoms with Crippen molar-refractivity contribution in [3.05, 3.63) is 59.2 Å². The van der Waals surface area contributed by atoms with Crippen LogP contribution in [0.4, 0.5) is 11.8 Å². The molecule has 7 heteroatoms. The first kappa shape index (κ1) is 19.1. The summed E-state index contributed by atoms with van der Waals surface area (Å²) in [5.74, 6) is 0.615. The van der Waals surface area contributed by atoms with Gasteiger partial charge in [0.2, 0.25) is 5.95 Å². The molecule has 0 saturated carbocycles. The third-order valence-electron chi connectivity index (χ3n) is 5.36. The Balaban J connectivity index is 1.37. The van der Waals surface area contributed by atoms with Crippen LogP contribution >= 0.6 is 0 Å². The molecule has 1 saturated heterocycles. The molecule has 150 valence electrons. The second kappa shape index (κ2) is 8.05. The van der Waals surface area contributed by atoms with Gasteiger partial charge in [0.05, 0.1) is 18.2 Å². The molecule has 1 aromatic heterocycles. The van der Waals surface area contributed by atoms with Gasteiger partial charge in [0, 0.05) is 24.0 Å². The quantitative estimate of drug-likeness (QED) is 0.708. The average molecular weight is 391 g/mol. The molecule has 4 N–H and O–H groups in total. The van der Waals surface area contributed by atoms with E-state index in [9.17, 15) is 4.79 Å². The van der Waals surface area contributed by atoms with Crippen molar-refractivity contribution in [1.29, 1.82) is 0 Å². The number of piperidine rings is 1. The number of hydrogen-bond acceptors (Lipinski definition) is 6. The number of hydrogen-bond donors (Lipinski definition) is 2. The molecule has 29 heavy (non-hydrogen) atoms. The third kappa shape index (κ3) is 4.14. The highest BCUT2D eigenvalue weighted by Gasteiger charge is 2.24. The summed E-state index contributed by atoms with van der Waals surface area (Å²) >= 11 is 0. The number of anilines is 2. The molecule has 1 amide bonds. The summed E-state index contributed by atoms with van der Waals surface area (Å²) in [5, 5.41) is 0.786. The number of nitrogens with two attached hydrogens (primary N) is 2. The Morgan fingerprint density at radius 2 is 1.83 bits per heavy atom.